The van der Waals surface area contributed by atoms with Crippen molar-refractivity contribution < 1.29 is 14.6 Å². The van der Waals surface area contributed by atoms with Crippen molar-refractivity contribution in [2.75, 3.05) is 0 Å². The van der Waals surface area contributed by atoms with E-state index in [9.17, 15) is 15.0 Å². The minimum Gasteiger partial charge on any atom is -0.508 e. The molecule has 2 N–H and O–H groups in total. The highest BCUT2D eigenvalue weighted by Gasteiger charge is 2.16. The van der Waals surface area contributed by atoms with Crippen LogP contribution in [0.25, 0.3) is 11.0 Å². The molecule has 118 valence electrons. The highest BCUT2D eigenvalue weighted by molar-refractivity contribution is 6.31. The molecule has 0 radical (unpaired) electrons. The highest BCUT2D eigenvalue weighted by Crippen LogP contribution is 2.33. The minimum absolute atomic E-state index is 0.121. The second-order valence-electron chi connectivity index (χ2n) is 5.59. The van der Waals surface area contributed by atoms with E-state index in [-0.39, 0.29) is 17.1 Å². The van der Waals surface area contributed by atoms with Crippen molar-refractivity contribution in [2.45, 2.75) is 20.3 Å². The van der Waals surface area contributed by atoms with Crippen LogP contribution in [0.2, 0.25) is 5.02 Å². The van der Waals surface area contributed by atoms with E-state index in [1.165, 1.54) is 12.1 Å². The van der Waals surface area contributed by atoms with Gasteiger partial charge in [0.15, 0.2) is 0 Å². The summed E-state index contributed by atoms with van der Waals surface area (Å²) in [6.45, 7) is 3.66. The third kappa shape index (κ3) is 2.78. The Kier molecular flexibility index (Phi) is 3.78. The van der Waals surface area contributed by atoms with E-state index in [1.807, 2.05) is 25.1 Å². The predicted octanol–water partition coefficient (Wildman–Crippen LogP) is 4.07. The molecule has 0 saturated heterocycles. The van der Waals surface area contributed by atoms with Crippen molar-refractivity contribution in [1.29, 1.82) is 0 Å². The molecule has 0 atom stereocenters. The Morgan fingerprint density at radius 1 is 1.13 bits per heavy atom. The number of rotatable bonds is 2. The van der Waals surface area contributed by atoms with Crippen LogP contribution >= 0.6 is 11.6 Å². The Bertz CT molecular complexity index is 973. The predicted molar refractivity (Wildman–Crippen MR) is 89.5 cm³/mol. The lowest BCUT2D eigenvalue weighted by molar-refractivity contribution is 0.450. The van der Waals surface area contributed by atoms with Gasteiger partial charge in [-0.05, 0) is 36.6 Å². The van der Waals surface area contributed by atoms with Crippen molar-refractivity contribution in [3.05, 3.63) is 68.0 Å². The molecule has 0 saturated carbocycles. The maximum Gasteiger partial charge on any atom is 0.340 e. The topological polar surface area (TPSA) is 70.7 Å². The first kappa shape index (κ1) is 15.4. The fraction of sp³-hybridized carbons (Fsp3) is 0.167. The molecule has 1 aromatic heterocycles. The van der Waals surface area contributed by atoms with Crippen LogP contribution < -0.4 is 5.63 Å². The van der Waals surface area contributed by atoms with Gasteiger partial charge < -0.3 is 14.6 Å². The van der Waals surface area contributed by atoms with Crippen LogP contribution in [0, 0.1) is 13.8 Å². The average molecular weight is 331 g/mol. The highest BCUT2D eigenvalue weighted by atomic mass is 35.5. The number of aryl methyl sites for hydroxylation is 2. The van der Waals surface area contributed by atoms with Crippen LogP contribution in [-0.4, -0.2) is 10.2 Å². The molecule has 3 rings (SSSR count). The molecule has 4 nitrogen and oxygen atoms in total. The lowest BCUT2D eigenvalue weighted by Crippen LogP contribution is -2.11. The van der Waals surface area contributed by atoms with Crippen LogP contribution in [0.4, 0.5) is 0 Å². The number of benzene rings is 2. The molecule has 0 unspecified atom stereocenters. The summed E-state index contributed by atoms with van der Waals surface area (Å²) < 4.78 is 5.25. The molecule has 23 heavy (non-hydrogen) atoms. The fourth-order valence-corrected chi connectivity index (χ4v) is 2.87. The largest absolute Gasteiger partial charge is 0.508 e. The van der Waals surface area contributed by atoms with Gasteiger partial charge in [-0.1, -0.05) is 23.7 Å². The average Bonchev–Trinajstić information content (AvgIpc) is 2.46. The van der Waals surface area contributed by atoms with Gasteiger partial charge in [0, 0.05) is 29.1 Å². The normalized spacial score (nSPS) is 11.1. The van der Waals surface area contributed by atoms with Crippen LogP contribution in [0.3, 0.4) is 0 Å². The first-order chi connectivity index (χ1) is 10.9. The van der Waals surface area contributed by atoms with E-state index in [4.69, 9.17) is 16.0 Å². The molecule has 0 aliphatic rings. The van der Waals surface area contributed by atoms with Gasteiger partial charge in [-0.3, -0.25) is 0 Å². The maximum atomic E-state index is 12.3. The second-order valence-corrected chi connectivity index (χ2v) is 6.00. The fourth-order valence-electron chi connectivity index (χ4n) is 2.66. The quantitative estimate of drug-likeness (QED) is 0.695. The molecule has 2 aromatic carbocycles. The Morgan fingerprint density at radius 3 is 2.57 bits per heavy atom. The lowest BCUT2D eigenvalue weighted by atomic mass is 9.98. The number of fused-ring (bicyclic) bond motifs is 1. The van der Waals surface area contributed by atoms with Crippen molar-refractivity contribution in [2.24, 2.45) is 0 Å². The van der Waals surface area contributed by atoms with Gasteiger partial charge in [-0.25, -0.2) is 4.79 Å². The van der Waals surface area contributed by atoms with Gasteiger partial charge in [0.25, 0.3) is 0 Å². The first-order valence-corrected chi connectivity index (χ1v) is 7.48. The summed E-state index contributed by atoms with van der Waals surface area (Å²) >= 11 is 6.13. The van der Waals surface area contributed by atoms with Crippen LogP contribution in [0.1, 0.15) is 22.3 Å². The van der Waals surface area contributed by atoms with E-state index >= 15 is 0 Å². The van der Waals surface area contributed by atoms with Crippen molar-refractivity contribution in [1.82, 2.24) is 0 Å². The van der Waals surface area contributed by atoms with Gasteiger partial charge in [0.2, 0.25) is 0 Å². The minimum atomic E-state index is -0.489. The summed E-state index contributed by atoms with van der Waals surface area (Å²) in [5.41, 5.74) is 2.61. The van der Waals surface area contributed by atoms with E-state index in [0.717, 1.165) is 11.1 Å². The zero-order valence-electron chi connectivity index (χ0n) is 12.7. The van der Waals surface area contributed by atoms with E-state index in [0.29, 0.717) is 28.0 Å². The Hall–Kier alpha value is -2.46. The van der Waals surface area contributed by atoms with Crippen molar-refractivity contribution >= 4 is 22.6 Å². The molecule has 0 fully saturated rings. The standard InChI is InChI=1S/C18H15ClO4/c1-9-3-4-11(6-14(9)19)5-13-10(2)17-15(21)7-12(20)8-16(17)23-18(13)22/h3-4,6-8,20-21H,5H2,1-2H3. The van der Waals surface area contributed by atoms with E-state index in [2.05, 4.69) is 0 Å². The number of aromatic hydroxyl groups is 2. The first-order valence-electron chi connectivity index (χ1n) is 7.10. The van der Waals surface area contributed by atoms with Crippen LogP contribution in [0.15, 0.2) is 39.5 Å². The van der Waals surface area contributed by atoms with E-state index < -0.39 is 5.63 Å². The third-order valence-electron chi connectivity index (χ3n) is 3.96. The van der Waals surface area contributed by atoms with Gasteiger partial charge in [-0.15, -0.1) is 0 Å². The number of hydrogen-bond donors (Lipinski definition) is 2. The molecule has 1 heterocycles. The van der Waals surface area contributed by atoms with Gasteiger partial charge >= 0.3 is 5.63 Å². The van der Waals surface area contributed by atoms with Gasteiger partial charge in [0.1, 0.15) is 17.1 Å². The molecular formula is C18H15ClO4. The maximum absolute atomic E-state index is 12.3. The van der Waals surface area contributed by atoms with Crippen LogP contribution in [-0.2, 0) is 6.42 Å². The van der Waals surface area contributed by atoms with Crippen LogP contribution in [0.5, 0.6) is 11.5 Å². The molecular weight excluding hydrogens is 316 g/mol. The van der Waals surface area contributed by atoms with E-state index in [1.54, 1.807) is 6.92 Å². The molecule has 0 bridgehead atoms. The SMILES string of the molecule is Cc1ccc(Cc2c(C)c3c(O)cc(O)cc3oc2=O)cc1Cl. The molecule has 5 heteroatoms. The summed E-state index contributed by atoms with van der Waals surface area (Å²) in [7, 11) is 0. The molecule has 0 amide bonds. The molecule has 3 aromatic rings. The summed E-state index contributed by atoms with van der Waals surface area (Å²) in [6.07, 6.45) is 0.352. The molecule has 0 spiro atoms. The Labute approximate surface area is 137 Å². The third-order valence-corrected chi connectivity index (χ3v) is 4.37. The zero-order valence-corrected chi connectivity index (χ0v) is 13.4. The summed E-state index contributed by atoms with van der Waals surface area (Å²) in [4.78, 5) is 12.3. The molecule has 0 aliphatic carbocycles. The number of hydrogen-bond acceptors (Lipinski definition) is 4. The van der Waals surface area contributed by atoms with Gasteiger partial charge in [-0.2, -0.15) is 0 Å². The number of phenolic OH excluding ortho intramolecular Hbond substituents is 2. The van der Waals surface area contributed by atoms with Gasteiger partial charge in [0.05, 0.1) is 5.39 Å². The summed E-state index contributed by atoms with van der Waals surface area (Å²) in [5.74, 6) is -0.278. The zero-order chi connectivity index (χ0) is 16.7. The summed E-state index contributed by atoms with van der Waals surface area (Å²) in [6, 6.07) is 8.15. The smallest absolute Gasteiger partial charge is 0.340 e. The lowest BCUT2D eigenvalue weighted by Gasteiger charge is -2.10. The number of halogens is 1. The monoisotopic (exact) mass is 330 g/mol. The summed E-state index contributed by atoms with van der Waals surface area (Å²) in [5, 5.41) is 20.6. The molecule has 0 aliphatic heterocycles. The van der Waals surface area contributed by atoms with Crippen molar-refractivity contribution in [3.63, 3.8) is 0 Å². The van der Waals surface area contributed by atoms with Crippen molar-refractivity contribution in [3.8, 4) is 11.5 Å². The number of phenols is 2. The second kappa shape index (κ2) is 5.63. The Morgan fingerprint density at radius 2 is 1.87 bits per heavy atom. The Balaban J connectivity index is 2.18.